The number of hydrogen-bond donors (Lipinski definition) is 1. The Morgan fingerprint density at radius 2 is 2.00 bits per heavy atom. The van der Waals surface area contributed by atoms with Gasteiger partial charge in [-0.25, -0.2) is 4.79 Å². The lowest BCUT2D eigenvalue weighted by atomic mass is 10.1. The second kappa shape index (κ2) is 9.26. The minimum atomic E-state index is -0.138. The third-order valence-electron chi connectivity index (χ3n) is 4.06. The molecule has 2 amide bonds. The highest BCUT2D eigenvalue weighted by Crippen LogP contribution is 2.20. The molecule has 0 saturated carbocycles. The fourth-order valence-electron chi connectivity index (χ4n) is 2.58. The van der Waals surface area contributed by atoms with Gasteiger partial charge in [-0.15, -0.1) is 6.42 Å². The minimum Gasteiger partial charge on any atom is -0.336 e. The average molecular weight is 356 g/mol. The Kier molecular flexibility index (Phi) is 7.05. The van der Waals surface area contributed by atoms with Crippen LogP contribution in [0, 0.1) is 19.3 Å². The first-order chi connectivity index (χ1) is 12.0. The summed E-state index contributed by atoms with van der Waals surface area (Å²) in [5, 5.41) is 7.19. The van der Waals surface area contributed by atoms with E-state index in [0.29, 0.717) is 13.1 Å². The van der Waals surface area contributed by atoms with Gasteiger partial charge in [0.1, 0.15) is 0 Å². The molecule has 0 saturated heterocycles. The van der Waals surface area contributed by atoms with E-state index in [1.54, 1.807) is 16.2 Å². The molecule has 5 heteroatoms. The molecule has 0 radical (unpaired) electrons. The van der Waals surface area contributed by atoms with E-state index < -0.39 is 0 Å². The van der Waals surface area contributed by atoms with Crippen molar-refractivity contribution in [3.05, 3.63) is 57.8 Å². The van der Waals surface area contributed by atoms with E-state index in [0.717, 1.165) is 5.56 Å². The zero-order valence-electron chi connectivity index (χ0n) is 15.0. The molecule has 1 atom stereocenters. The number of terminal acetylenes is 1. The van der Waals surface area contributed by atoms with Crippen LogP contribution >= 0.6 is 11.3 Å². The molecule has 0 aliphatic rings. The van der Waals surface area contributed by atoms with Gasteiger partial charge in [0.25, 0.3) is 0 Å². The third kappa shape index (κ3) is 5.63. The van der Waals surface area contributed by atoms with Crippen LogP contribution in [0.2, 0.25) is 0 Å². The van der Waals surface area contributed by atoms with Gasteiger partial charge in [0, 0.05) is 13.1 Å². The highest BCUT2D eigenvalue weighted by Gasteiger charge is 2.18. The molecule has 0 spiro atoms. The predicted octanol–water partition coefficient (Wildman–Crippen LogP) is 3.50. The van der Waals surface area contributed by atoms with Crippen LogP contribution in [-0.2, 0) is 6.54 Å². The summed E-state index contributed by atoms with van der Waals surface area (Å²) in [6.45, 7) is 3.37. The van der Waals surface area contributed by atoms with Gasteiger partial charge in [-0.1, -0.05) is 35.7 Å². The maximum atomic E-state index is 12.6. The first kappa shape index (κ1) is 19.0. The Morgan fingerprint density at radius 1 is 1.28 bits per heavy atom. The zero-order chi connectivity index (χ0) is 18.2. The number of hydrogen-bond acceptors (Lipinski definition) is 3. The van der Waals surface area contributed by atoms with E-state index in [4.69, 9.17) is 6.42 Å². The number of aryl methyl sites for hydroxylation is 1. The summed E-state index contributed by atoms with van der Waals surface area (Å²) >= 11 is 1.66. The quantitative estimate of drug-likeness (QED) is 0.772. The van der Waals surface area contributed by atoms with Gasteiger partial charge in [0.2, 0.25) is 0 Å². The van der Waals surface area contributed by atoms with Crippen molar-refractivity contribution in [3.63, 3.8) is 0 Å². The van der Waals surface area contributed by atoms with Crippen LogP contribution in [0.4, 0.5) is 4.79 Å². The van der Waals surface area contributed by atoms with Gasteiger partial charge in [-0.2, -0.15) is 11.3 Å². The number of likely N-dealkylation sites (N-methyl/N-ethyl adjacent to an activating group) is 1. The Morgan fingerprint density at radius 3 is 2.56 bits per heavy atom. The molecule has 132 valence electrons. The van der Waals surface area contributed by atoms with Crippen LogP contribution in [0.3, 0.4) is 0 Å². The third-order valence-corrected chi connectivity index (χ3v) is 4.76. The van der Waals surface area contributed by atoms with Gasteiger partial charge >= 0.3 is 6.03 Å². The molecule has 0 fully saturated rings. The Hall–Kier alpha value is -2.29. The lowest BCUT2D eigenvalue weighted by Crippen LogP contribution is -2.43. The predicted molar refractivity (Wildman–Crippen MR) is 105 cm³/mol. The van der Waals surface area contributed by atoms with Crippen LogP contribution in [0.1, 0.15) is 22.7 Å². The summed E-state index contributed by atoms with van der Waals surface area (Å²) in [6.07, 6.45) is 5.45. The fraction of sp³-hybridized carbons (Fsp3) is 0.350. The number of carbonyl (C=O) groups is 1. The van der Waals surface area contributed by atoms with Crippen LogP contribution in [0.15, 0.2) is 41.1 Å². The molecule has 0 bridgehead atoms. The number of benzene rings is 1. The van der Waals surface area contributed by atoms with Crippen molar-refractivity contribution < 1.29 is 4.79 Å². The van der Waals surface area contributed by atoms with Gasteiger partial charge in [0.15, 0.2) is 0 Å². The van der Waals surface area contributed by atoms with Crippen LogP contribution in [0.5, 0.6) is 0 Å². The smallest absolute Gasteiger partial charge is 0.318 e. The molecular weight excluding hydrogens is 330 g/mol. The van der Waals surface area contributed by atoms with Crippen LogP contribution in [-0.4, -0.2) is 43.0 Å². The molecule has 25 heavy (non-hydrogen) atoms. The number of nitrogens with one attached hydrogen (secondary N) is 1. The topological polar surface area (TPSA) is 35.6 Å². The standard InChI is InChI=1S/C20H25N3OS/c1-5-11-23(14-17-8-6-16(2)7-9-17)20(24)21-13-19(22(3)4)18-10-12-25-15-18/h1,6-10,12,15,19H,11,13-14H2,2-4H3,(H,21,24)/t19-/m0/s1. The maximum absolute atomic E-state index is 12.6. The molecule has 0 aliphatic carbocycles. The second-order valence-corrected chi connectivity index (χ2v) is 7.05. The Bertz CT molecular complexity index is 702. The Labute approximate surface area is 154 Å². The van der Waals surface area contributed by atoms with Gasteiger partial charge in [-0.05, 0) is 49.0 Å². The van der Waals surface area contributed by atoms with Crippen LogP contribution < -0.4 is 5.32 Å². The Balaban J connectivity index is 1.99. The SMILES string of the molecule is C#CCN(Cc1ccc(C)cc1)C(=O)NC[C@@H](c1ccsc1)N(C)C. The maximum Gasteiger partial charge on any atom is 0.318 e. The van der Waals surface area contributed by atoms with Crippen molar-refractivity contribution in [2.45, 2.75) is 19.5 Å². The van der Waals surface area contributed by atoms with Crippen molar-refractivity contribution in [2.24, 2.45) is 0 Å². The van der Waals surface area contributed by atoms with Crippen molar-refractivity contribution in [1.82, 2.24) is 15.1 Å². The number of amides is 2. The van der Waals surface area contributed by atoms with E-state index in [9.17, 15) is 4.79 Å². The summed E-state index contributed by atoms with van der Waals surface area (Å²) in [5.41, 5.74) is 3.47. The average Bonchev–Trinajstić information content (AvgIpc) is 3.10. The largest absolute Gasteiger partial charge is 0.336 e. The number of urea groups is 1. The highest BCUT2D eigenvalue weighted by atomic mass is 32.1. The van der Waals surface area contributed by atoms with Crippen LogP contribution in [0.25, 0.3) is 0 Å². The normalized spacial score (nSPS) is 11.8. The van der Waals surface area contributed by atoms with E-state index in [1.807, 2.05) is 45.3 Å². The van der Waals surface area contributed by atoms with Crippen molar-refractivity contribution in [3.8, 4) is 12.3 Å². The molecule has 0 unspecified atom stereocenters. The van der Waals surface area contributed by atoms with Crippen molar-refractivity contribution in [2.75, 3.05) is 27.2 Å². The number of rotatable bonds is 7. The summed E-state index contributed by atoms with van der Waals surface area (Å²) in [6, 6.07) is 10.2. The molecule has 1 heterocycles. The molecule has 1 N–H and O–H groups in total. The molecule has 1 aromatic carbocycles. The summed E-state index contributed by atoms with van der Waals surface area (Å²) in [4.78, 5) is 16.4. The second-order valence-electron chi connectivity index (χ2n) is 6.27. The molecule has 2 aromatic rings. The molecule has 1 aromatic heterocycles. The first-order valence-electron chi connectivity index (χ1n) is 8.21. The summed E-state index contributed by atoms with van der Waals surface area (Å²) < 4.78 is 0. The highest BCUT2D eigenvalue weighted by molar-refractivity contribution is 7.07. The van der Waals surface area contributed by atoms with Gasteiger partial charge in [-0.3, -0.25) is 0 Å². The fourth-order valence-corrected chi connectivity index (χ4v) is 3.29. The number of carbonyl (C=O) groups excluding carboxylic acids is 1. The molecular formula is C20H25N3OS. The van der Waals surface area contributed by atoms with Gasteiger partial charge in [0.05, 0.1) is 12.6 Å². The van der Waals surface area contributed by atoms with Crippen molar-refractivity contribution >= 4 is 17.4 Å². The zero-order valence-corrected chi connectivity index (χ0v) is 15.8. The van der Waals surface area contributed by atoms with E-state index in [1.165, 1.54) is 11.1 Å². The lowest BCUT2D eigenvalue weighted by molar-refractivity contribution is 0.196. The van der Waals surface area contributed by atoms with Crippen molar-refractivity contribution in [1.29, 1.82) is 0 Å². The summed E-state index contributed by atoms with van der Waals surface area (Å²) in [7, 11) is 4.03. The number of nitrogens with zero attached hydrogens (tertiary/aromatic N) is 2. The van der Waals surface area contributed by atoms with E-state index in [-0.39, 0.29) is 18.6 Å². The lowest BCUT2D eigenvalue weighted by Gasteiger charge is -2.26. The van der Waals surface area contributed by atoms with E-state index in [2.05, 4.69) is 33.0 Å². The molecule has 0 aliphatic heterocycles. The number of thiophene rings is 1. The first-order valence-corrected chi connectivity index (χ1v) is 9.16. The van der Waals surface area contributed by atoms with Gasteiger partial charge < -0.3 is 15.1 Å². The minimum absolute atomic E-state index is 0.138. The molecule has 4 nitrogen and oxygen atoms in total. The van der Waals surface area contributed by atoms with E-state index >= 15 is 0 Å². The monoisotopic (exact) mass is 355 g/mol. The summed E-state index contributed by atoms with van der Waals surface area (Å²) in [5.74, 6) is 2.57. The molecule has 2 rings (SSSR count).